The van der Waals surface area contributed by atoms with Gasteiger partial charge in [0.15, 0.2) is 0 Å². The van der Waals surface area contributed by atoms with Gasteiger partial charge in [-0.15, -0.1) is 0 Å². The van der Waals surface area contributed by atoms with Crippen LogP contribution in [-0.2, 0) is 4.74 Å². The van der Waals surface area contributed by atoms with E-state index in [0.29, 0.717) is 4.99 Å². The first-order valence-electron chi connectivity index (χ1n) is 3.98. The van der Waals surface area contributed by atoms with Gasteiger partial charge in [-0.1, -0.05) is 12.2 Å². The van der Waals surface area contributed by atoms with Crippen molar-refractivity contribution in [3.8, 4) is 0 Å². The Morgan fingerprint density at radius 3 is 2.64 bits per heavy atom. The third-order valence-electron chi connectivity index (χ3n) is 1.92. The second-order valence-corrected chi connectivity index (χ2v) is 3.35. The average Bonchev–Trinajstić information content (AvgIpc) is 2.03. The summed E-state index contributed by atoms with van der Waals surface area (Å²) < 4.78 is 5.22. The highest BCUT2D eigenvalue weighted by Crippen LogP contribution is 1.78. The second-order valence-electron chi connectivity index (χ2n) is 2.83. The first-order chi connectivity index (χ1) is 5.29. The Labute approximate surface area is 72.5 Å². The van der Waals surface area contributed by atoms with Gasteiger partial charge in [0.05, 0.1) is 24.7 Å². The Bertz CT molecular complexity index is 134. The van der Waals surface area contributed by atoms with Crippen LogP contribution in [0.15, 0.2) is 0 Å². The zero-order valence-corrected chi connectivity index (χ0v) is 7.45. The van der Waals surface area contributed by atoms with Gasteiger partial charge < -0.3 is 15.4 Å². The van der Waals surface area contributed by atoms with Gasteiger partial charge in [0.2, 0.25) is 0 Å². The molecule has 3 nitrogen and oxygen atoms in total. The third kappa shape index (κ3) is 3.65. The topological polar surface area (TPSA) is 39.7 Å². The number of quaternary nitrogens is 1. The van der Waals surface area contributed by atoms with Crippen molar-refractivity contribution in [1.82, 2.24) is 0 Å². The normalized spacial score (nSPS) is 20.0. The lowest BCUT2D eigenvalue weighted by Crippen LogP contribution is -3.14. The molecule has 1 aliphatic rings. The van der Waals surface area contributed by atoms with Crippen molar-refractivity contribution in [3.63, 3.8) is 0 Å². The lowest BCUT2D eigenvalue weighted by Gasteiger charge is -2.23. The quantitative estimate of drug-likeness (QED) is 0.517. The highest BCUT2D eigenvalue weighted by atomic mass is 32.1. The molecular weight excluding hydrogens is 160 g/mol. The molecule has 0 atom stereocenters. The Balaban J connectivity index is 2.09. The molecule has 1 aliphatic heterocycles. The fourth-order valence-corrected chi connectivity index (χ4v) is 1.31. The van der Waals surface area contributed by atoms with Crippen molar-refractivity contribution in [2.24, 2.45) is 5.73 Å². The molecule has 1 saturated heterocycles. The summed E-state index contributed by atoms with van der Waals surface area (Å²) in [6.07, 6.45) is 0.866. The lowest BCUT2D eigenvalue weighted by atomic mass is 10.3. The highest BCUT2D eigenvalue weighted by Gasteiger charge is 2.12. The monoisotopic (exact) mass is 175 g/mol. The first-order valence-corrected chi connectivity index (χ1v) is 4.39. The minimum absolute atomic E-state index is 0.629. The van der Waals surface area contributed by atoms with Crippen molar-refractivity contribution < 1.29 is 9.64 Å². The van der Waals surface area contributed by atoms with Crippen LogP contribution < -0.4 is 10.6 Å². The van der Waals surface area contributed by atoms with Gasteiger partial charge in [0.25, 0.3) is 0 Å². The van der Waals surface area contributed by atoms with Crippen LogP contribution in [0.25, 0.3) is 0 Å². The van der Waals surface area contributed by atoms with Crippen molar-refractivity contribution >= 4 is 17.2 Å². The molecular formula is C7H15N2OS+. The molecule has 1 fully saturated rings. The van der Waals surface area contributed by atoms with E-state index in [2.05, 4.69) is 0 Å². The van der Waals surface area contributed by atoms with Crippen LogP contribution in [0.2, 0.25) is 0 Å². The Morgan fingerprint density at radius 1 is 1.45 bits per heavy atom. The maximum atomic E-state index is 5.40. The maximum absolute atomic E-state index is 5.40. The van der Waals surface area contributed by atoms with Gasteiger partial charge >= 0.3 is 0 Å². The number of ether oxygens (including phenoxy) is 1. The van der Waals surface area contributed by atoms with Crippen LogP contribution in [-0.4, -0.2) is 37.8 Å². The van der Waals surface area contributed by atoms with Gasteiger partial charge in [-0.25, -0.2) is 0 Å². The molecule has 0 aromatic carbocycles. The number of thiocarbonyl (C=S) groups is 1. The van der Waals surface area contributed by atoms with Crippen molar-refractivity contribution in [3.05, 3.63) is 0 Å². The summed E-state index contributed by atoms with van der Waals surface area (Å²) in [6.45, 7) is 5.03. The van der Waals surface area contributed by atoms with Gasteiger partial charge in [0, 0.05) is 6.42 Å². The molecule has 0 aromatic heterocycles. The van der Waals surface area contributed by atoms with Crippen molar-refractivity contribution in [2.45, 2.75) is 6.42 Å². The van der Waals surface area contributed by atoms with Crippen molar-refractivity contribution in [1.29, 1.82) is 0 Å². The van der Waals surface area contributed by atoms with Gasteiger partial charge in [-0.3, -0.25) is 0 Å². The Kier molecular flexibility index (Phi) is 3.76. The predicted octanol–water partition coefficient (Wildman–Crippen LogP) is -1.42. The molecule has 0 bridgehead atoms. The maximum Gasteiger partial charge on any atom is 0.101 e. The molecule has 64 valence electrons. The van der Waals surface area contributed by atoms with Crippen LogP contribution in [0, 0.1) is 0 Å². The van der Waals surface area contributed by atoms with E-state index in [0.717, 1.165) is 39.3 Å². The predicted molar refractivity (Wildman–Crippen MR) is 47.8 cm³/mol. The van der Waals surface area contributed by atoms with Crippen molar-refractivity contribution in [2.75, 3.05) is 32.8 Å². The zero-order chi connectivity index (χ0) is 8.10. The van der Waals surface area contributed by atoms with E-state index in [1.54, 1.807) is 4.90 Å². The fraction of sp³-hybridized carbons (Fsp3) is 0.857. The summed E-state index contributed by atoms with van der Waals surface area (Å²) in [5.41, 5.74) is 5.40. The van der Waals surface area contributed by atoms with E-state index in [4.69, 9.17) is 22.7 Å². The summed E-state index contributed by atoms with van der Waals surface area (Å²) in [5.74, 6) is 0. The van der Waals surface area contributed by atoms with Gasteiger partial charge in [-0.05, 0) is 0 Å². The molecule has 1 heterocycles. The molecule has 0 radical (unpaired) electrons. The molecule has 0 aliphatic carbocycles. The number of hydrogen-bond donors (Lipinski definition) is 2. The van der Waals surface area contributed by atoms with E-state index in [1.807, 2.05) is 0 Å². The van der Waals surface area contributed by atoms with E-state index in [9.17, 15) is 0 Å². The molecule has 0 spiro atoms. The Morgan fingerprint density at radius 2 is 2.09 bits per heavy atom. The minimum Gasteiger partial charge on any atom is -0.393 e. The van der Waals surface area contributed by atoms with Crippen LogP contribution in [0.5, 0.6) is 0 Å². The van der Waals surface area contributed by atoms with E-state index < -0.39 is 0 Å². The number of hydrogen-bond acceptors (Lipinski definition) is 2. The summed E-state index contributed by atoms with van der Waals surface area (Å²) in [7, 11) is 0. The van der Waals surface area contributed by atoms with E-state index in [1.165, 1.54) is 0 Å². The molecule has 3 N–H and O–H groups in total. The molecule has 0 aromatic rings. The van der Waals surface area contributed by atoms with Crippen LogP contribution in [0.4, 0.5) is 0 Å². The fourth-order valence-electron chi connectivity index (χ4n) is 1.21. The second kappa shape index (κ2) is 4.64. The van der Waals surface area contributed by atoms with Crippen LogP contribution in [0.3, 0.4) is 0 Å². The lowest BCUT2D eigenvalue weighted by molar-refractivity contribution is -0.907. The number of nitrogens with one attached hydrogen (secondary N) is 1. The largest absolute Gasteiger partial charge is 0.393 e. The number of rotatable bonds is 3. The first kappa shape index (κ1) is 8.90. The average molecular weight is 175 g/mol. The molecule has 0 amide bonds. The smallest absolute Gasteiger partial charge is 0.101 e. The molecule has 4 heteroatoms. The molecule has 0 unspecified atom stereocenters. The summed E-state index contributed by atoms with van der Waals surface area (Å²) in [6, 6.07) is 0. The minimum atomic E-state index is 0.629. The molecule has 0 saturated carbocycles. The highest BCUT2D eigenvalue weighted by molar-refractivity contribution is 7.80. The summed E-state index contributed by atoms with van der Waals surface area (Å²) in [4.78, 5) is 2.19. The summed E-state index contributed by atoms with van der Waals surface area (Å²) >= 11 is 4.80. The van der Waals surface area contributed by atoms with E-state index >= 15 is 0 Å². The summed E-state index contributed by atoms with van der Waals surface area (Å²) in [5, 5.41) is 0. The zero-order valence-electron chi connectivity index (χ0n) is 6.64. The standard InChI is InChI=1S/C7H14N2OS/c8-7(11)1-2-9-3-5-10-6-4-9/h1-6H2,(H2,8,11)/p+1. The Hall–Kier alpha value is -0.190. The molecule has 1 rings (SSSR count). The third-order valence-corrected chi connectivity index (χ3v) is 2.13. The van der Waals surface area contributed by atoms with Gasteiger partial charge in [-0.2, -0.15) is 0 Å². The molecule has 11 heavy (non-hydrogen) atoms. The van der Waals surface area contributed by atoms with E-state index in [-0.39, 0.29) is 0 Å². The van der Waals surface area contributed by atoms with Gasteiger partial charge in [0.1, 0.15) is 13.1 Å². The van der Waals surface area contributed by atoms with Crippen LogP contribution in [0.1, 0.15) is 6.42 Å². The SMILES string of the molecule is NC(=S)CC[NH+]1CCOCC1. The number of morpholine rings is 1. The van der Waals surface area contributed by atoms with Crippen LogP contribution >= 0.6 is 12.2 Å². The number of nitrogens with two attached hydrogens (primary N) is 1.